The van der Waals surface area contributed by atoms with Crippen LogP contribution in [0.1, 0.15) is 5.69 Å². The first-order valence-corrected chi connectivity index (χ1v) is 9.84. The van der Waals surface area contributed by atoms with Crippen LogP contribution in [0, 0.1) is 18.6 Å². The fourth-order valence-corrected chi connectivity index (χ4v) is 3.62. The van der Waals surface area contributed by atoms with Gasteiger partial charge in [-0.2, -0.15) is 0 Å². The molecule has 2 aliphatic rings. The lowest BCUT2D eigenvalue weighted by molar-refractivity contribution is 0.165. The first kappa shape index (κ1) is 19.1. The number of benzene rings is 2. The molecule has 1 unspecified atom stereocenters. The minimum absolute atomic E-state index is 0.291. The molecule has 0 radical (unpaired) electrons. The van der Waals surface area contributed by atoms with Crippen molar-refractivity contribution < 1.29 is 13.5 Å². The number of hydrogen-bond donors (Lipinski definition) is 2. The van der Waals surface area contributed by atoms with Crippen molar-refractivity contribution in [2.75, 3.05) is 23.4 Å². The van der Waals surface area contributed by atoms with Gasteiger partial charge in [-0.3, -0.25) is 0 Å². The normalized spacial score (nSPS) is 17.8. The molecule has 5 rings (SSSR count). The number of aliphatic imine (C=N–C) groups is 1. The summed E-state index contributed by atoms with van der Waals surface area (Å²) < 4.78 is 35.3. The Balaban J connectivity index is 1.37. The predicted octanol–water partition coefficient (Wildman–Crippen LogP) is 3.53. The summed E-state index contributed by atoms with van der Waals surface area (Å²) in [6.45, 7) is 2.96. The van der Waals surface area contributed by atoms with Crippen molar-refractivity contribution in [1.29, 1.82) is 0 Å². The van der Waals surface area contributed by atoms with E-state index < -0.39 is 6.17 Å². The summed E-state index contributed by atoms with van der Waals surface area (Å²) in [6, 6.07) is 11.1. The van der Waals surface area contributed by atoms with Gasteiger partial charge in [-0.1, -0.05) is 0 Å². The molecule has 7 nitrogen and oxygen atoms in total. The van der Waals surface area contributed by atoms with Gasteiger partial charge in [0, 0.05) is 23.8 Å². The van der Waals surface area contributed by atoms with Crippen LogP contribution in [0.25, 0.3) is 5.69 Å². The Labute approximate surface area is 177 Å². The Morgan fingerprint density at radius 3 is 2.74 bits per heavy atom. The van der Waals surface area contributed by atoms with E-state index >= 15 is 0 Å². The standard InChI is InChI=1S/C22H20F2N6O/c1-14-12-29(13-26-14)19-7-4-16(10-18(19)24)27-22-25-11-20-21(28-22)30(8-9-31-20)17-5-2-15(23)3-6-17/h2-7,10-13,21H,8-9H2,1H3,(H2,25,27,28). The molecule has 3 aromatic rings. The molecule has 158 valence electrons. The fourth-order valence-electron chi connectivity index (χ4n) is 3.62. The van der Waals surface area contributed by atoms with Crippen LogP contribution in [0.4, 0.5) is 20.2 Å². The molecule has 0 amide bonds. The highest BCUT2D eigenvalue weighted by Gasteiger charge is 2.31. The molecule has 2 aromatic carbocycles. The number of aryl methyl sites for hydroxylation is 1. The highest BCUT2D eigenvalue weighted by atomic mass is 19.1. The van der Waals surface area contributed by atoms with Crippen LogP contribution in [0.2, 0.25) is 0 Å². The monoisotopic (exact) mass is 422 g/mol. The van der Waals surface area contributed by atoms with Gasteiger partial charge in [0.25, 0.3) is 0 Å². The minimum atomic E-state index is -0.402. The maximum Gasteiger partial charge on any atom is 0.202 e. The summed E-state index contributed by atoms with van der Waals surface area (Å²) in [5, 5.41) is 6.15. The van der Waals surface area contributed by atoms with Gasteiger partial charge in [-0.05, 0) is 49.4 Å². The molecule has 0 saturated carbocycles. The van der Waals surface area contributed by atoms with Crippen molar-refractivity contribution in [3.05, 3.63) is 84.3 Å². The quantitative estimate of drug-likeness (QED) is 0.676. The maximum absolute atomic E-state index is 14.7. The topological polar surface area (TPSA) is 66.7 Å². The van der Waals surface area contributed by atoms with Gasteiger partial charge in [-0.15, -0.1) is 0 Å². The van der Waals surface area contributed by atoms with Crippen LogP contribution in [-0.2, 0) is 4.74 Å². The summed E-state index contributed by atoms with van der Waals surface area (Å²) >= 11 is 0. The zero-order valence-electron chi connectivity index (χ0n) is 16.7. The number of hydrogen-bond acceptors (Lipinski definition) is 6. The zero-order valence-corrected chi connectivity index (χ0v) is 16.7. The minimum Gasteiger partial charge on any atom is -0.490 e. The van der Waals surface area contributed by atoms with E-state index in [-0.39, 0.29) is 11.6 Å². The first-order valence-electron chi connectivity index (χ1n) is 9.84. The highest BCUT2D eigenvalue weighted by molar-refractivity contribution is 5.95. The summed E-state index contributed by atoms with van der Waals surface area (Å²) in [6.07, 6.45) is 4.67. The number of guanidine groups is 1. The number of imidazole rings is 1. The third-order valence-corrected chi connectivity index (χ3v) is 5.11. The molecular formula is C22H20F2N6O. The van der Waals surface area contributed by atoms with Crippen LogP contribution in [-0.4, -0.2) is 34.8 Å². The second kappa shape index (κ2) is 7.75. The molecule has 9 heteroatoms. The van der Waals surface area contributed by atoms with Gasteiger partial charge >= 0.3 is 0 Å². The number of halogens is 2. The molecule has 0 bridgehead atoms. The van der Waals surface area contributed by atoms with E-state index in [2.05, 4.69) is 20.6 Å². The molecule has 3 heterocycles. The van der Waals surface area contributed by atoms with E-state index in [0.717, 1.165) is 11.4 Å². The molecule has 31 heavy (non-hydrogen) atoms. The van der Waals surface area contributed by atoms with Crippen molar-refractivity contribution in [3.63, 3.8) is 0 Å². The molecule has 1 atom stereocenters. The van der Waals surface area contributed by atoms with Gasteiger partial charge in [0.15, 0.2) is 11.9 Å². The second-order valence-corrected chi connectivity index (χ2v) is 7.27. The van der Waals surface area contributed by atoms with E-state index in [1.807, 2.05) is 11.8 Å². The van der Waals surface area contributed by atoms with Crippen LogP contribution in [0.3, 0.4) is 0 Å². The molecule has 2 aliphatic heterocycles. The maximum atomic E-state index is 14.7. The summed E-state index contributed by atoms with van der Waals surface area (Å²) in [7, 11) is 0. The van der Waals surface area contributed by atoms with Crippen LogP contribution in [0.5, 0.6) is 0 Å². The van der Waals surface area contributed by atoms with Gasteiger partial charge < -0.3 is 24.8 Å². The summed E-state index contributed by atoms with van der Waals surface area (Å²) in [5.41, 5.74) is 2.61. The zero-order chi connectivity index (χ0) is 21.4. The van der Waals surface area contributed by atoms with Crippen molar-refractivity contribution >= 4 is 17.3 Å². The van der Waals surface area contributed by atoms with E-state index in [0.29, 0.717) is 36.2 Å². The Kier molecular flexibility index (Phi) is 4.78. The third kappa shape index (κ3) is 3.81. The van der Waals surface area contributed by atoms with Crippen molar-refractivity contribution in [2.45, 2.75) is 13.1 Å². The van der Waals surface area contributed by atoms with E-state index in [4.69, 9.17) is 4.74 Å². The SMILES string of the molecule is Cc1cn(-c2ccc(NC3=NC4C(=CN3)OCCN4c3ccc(F)cc3)cc2F)cn1. The molecular weight excluding hydrogens is 402 g/mol. The number of morpholine rings is 1. The lowest BCUT2D eigenvalue weighted by atomic mass is 10.2. The van der Waals surface area contributed by atoms with E-state index in [1.165, 1.54) is 18.2 Å². The Morgan fingerprint density at radius 2 is 2.00 bits per heavy atom. The highest BCUT2D eigenvalue weighted by Crippen LogP contribution is 2.27. The van der Waals surface area contributed by atoms with E-state index in [1.54, 1.807) is 47.6 Å². The van der Waals surface area contributed by atoms with Gasteiger partial charge in [0.05, 0.1) is 24.3 Å². The van der Waals surface area contributed by atoms with Gasteiger partial charge in [-0.25, -0.2) is 18.8 Å². The molecule has 2 N–H and O–H groups in total. The van der Waals surface area contributed by atoms with Crippen molar-refractivity contribution in [1.82, 2.24) is 14.9 Å². The average molecular weight is 422 g/mol. The lowest BCUT2D eigenvalue weighted by Gasteiger charge is -2.38. The lowest BCUT2D eigenvalue weighted by Crippen LogP contribution is -2.48. The van der Waals surface area contributed by atoms with Crippen molar-refractivity contribution in [3.8, 4) is 5.69 Å². The Hall–Kier alpha value is -3.88. The summed E-state index contributed by atoms with van der Waals surface area (Å²) in [5.74, 6) is 0.444. The first-order chi connectivity index (χ1) is 15.1. The van der Waals surface area contributed by atoms with Crippen LogP contribution < -0.4 is 15.5 Å². The number of aromatic nitrogens is 2. The van der Waals surface area contributed by atoms with E-state index in [9.17, 15) is 8.78 Å². The molecule has 0 spiro atoms. The van der Waals surface area contributed by atoms with Crippen LogP contribution >= 0.6 is 0 Å². The molecule has 1 saturated heterocycles. The number of nitrogens with one attached hydrogen (secondary N) is 2. The van der Waals surface area contributed by atoms with Gasteiger partial charge in [0.1, 0.15) is 18.2 Å². The fraction of sp³-hybridized carbons (Fsp3) is 0.182. The molecule has 1 fully saturated rings. The number of rotatable bonds is 3. The largest absolute Gasteiger partial charge is 0.490 e. The molecule has 0 aliphatic carbocycles. The van der Waals surface area contributed by atoms with Crippen molar-refractivity contribution in [2.24, 2.45) is 4.99 Å². The third-order valence-electron chi connectivity index (χ3n) is 5.11. The Bertz CT molecular complexity index is 1170. The predicted molar refractivity (Wildman–Crippen MR) is 114 cm³/mol. The number of anilines is 2. The smallest absolute Gasteiger partial charge is 0.202 e. The second-order valence-electron chi connectivity index (χ2n) is 7.27. The number of nitrogens with zero attached hydrogens (tertiary/aromatic N) is 4. The summed E-state index contributed by atoms with van der Waals surface area (Å²) in [4.78, 5) is 10.9. The van der Waals surface area contributed by atoms with Gasteiger partial charge in [0.2, 0.25) is 5.96 Å². The average Bonchev–Trinajstić information content (AvgIpc) is 3.20. The van der Waals surface area contributed by atoms with Crippen LogP contribution in [0.15, 0.2) is 71.9 Å². The number of ether oxygens (including phenoxy) is 1. The Morgan fingerprint density at radius 1 is 1.16 bits per heavy atom. The molecule has 1 aromatic heterocycles. The number of fused-ring (bicyclic) bond motifs is 1.